The molecular formula is C24H27N5O4. The molecule has 2 aromatic rings. The number of rotatable bonds is 8. The van der Waals surface area contributed by atoms with Crippen LogP contribution in [0, 0.1) is 0 Å². The smallest absolute Gasteiger partial charge is 0.331 e. The Morgan fingerprint density at radius 2 is 1.76 bits per heavy atom. The van der Waals surface area contributed by atoms with Crippen LogP contribution in [0.1, 0.15) is 19.4 Å². The maximum atomic E-state index is 13.3. The third kappa shape index (κ3) is 4.83. The highest BCUT2D eigenvalue weighted by Gasteiger charge is 2.46. The molecule has 2 aliphatic heterocycles. The second-order valence-corrected chi connectivity index (χ2v) is 7.69. The normalized spacial score (nSPS) is 17.7. The summed E-state index contributed by atoms with van der Waals surface area (Å²) in [4.78, 5) is 41.8. The van der Waals surface area contributed by atoms with Crippen LogP contribution >= 0.6 is 0 Å². The lowest BCUT2D eigenvalue weighted by atomic mass is 10.1. The molecule has 1 fully saturated rings. The Labute approximate surface area is 192 Å². The third-order valence-corrected chi connectivity index (χ3v) is 5.44. The summed E-state index contributed by atoms with van der Waals surface area (Å²) in [7, 11) is 0. The number of anilines is 1. The van der Waals surface area contributed by atoms with E-state index in [-0.39, 0.29) is 24.9 Å². The van der Waals surface area contributed by atoms with Gasteiger partial charge in [-0.2, -0.15) is 0 Å². The summed E-state index contributed by atoms with van der Waals surface area (Å²) < 4.78 is 5.42. The number of benzene rings is 2. The van der Waals surface area contributed by atoms with E-state index in [9.17, 15) is 14.4 Å². The van der Waals surface area contributed by atoms with Crippen LogP contribution in [-0.2, 0) is 16.1 Å². The van der Waals surface area contributed by atoms with E-state index in [0.29, 0.717) is 30.3 Å². The van der Waals surface area contributed by atoms with E-state index in [4.69, 9.17) is 4.74 Å². The molecule has 1 saturated heterocycles. The second-order valence-electron chi connectivity index (χ2n) is 7.69. The summed E-state index contributed by atoms with van der Waals surface area (Å²) in [5.74, 6) is 0.00630. The zero-order valence-corrected chi connectivity index (χ0v) is 18.7. The largest absolute Gasteiger partial charge is 0.494 e. The molecule has 0 saturated carbocycles. The van der Waals surface area contributed by atoms with Crippen LogP contribution in [-0.4, -0.2) is 58.4 Å². The number of fused-ring (bicyclic) bond motifs is 1. The molecule has 2 aromatic carbocycles. The lowest BCUT2D eigenvalue weighted by Crippen LogP contribution is -2.61. The van der Waals surface area contributed by atoms with Crippen molar-refractivity contribution >= 4 is 23.5 Å². The molecule has 2 heterocycles. The first-order valence-corrected chi connectivity index (χ1v) is 10.9. The molecule has 33 heavy (non-hydrogen) atoms. The summed E-state index contributed by atoms with van der Waals surface area (Å²) in [6, 6.07) is 15.1. The Morgan fingerprint density at radius 3 is 2.42 bits per heavy atom. The van der Waals surface area contributed by atoms with E-state index >= 15 is 0 Å². The molecule has 172 valence electrons. The summed E-state index contributed by atoms with van der Waals surface area (Å²) in [5.41, 5.74) is 5.00. The topological polar surface area (TPSA) is 94.2 Å². The van der Waals surface area contributed by atoms with E-state index < -0.39 is 12.1 Å². The van der Waals surface area contributed by atoms with Gasteiger partial charge in [0, 0.05) is 18.4 Å². The van der Waals surface area contributed by atoms with Gasteiger partial charge < -0.3 is 15.1 Å². The van der Waals surface area contributed by atoms with Crippen molar-refractivity contribution in [3.05, 3.63) is 72.1 Å². The molecule has 1 unspecified atom stereocenters. The molecule has 0 radical (unpaired) electrons. The molecular weight excluding hydrogens is 422 g/mol. The molecule has 0 aromatic heterocycles. The van der Waals surface area contributed by atoms with Gasteiger partial charge in [0.1, 0.15) is 18.3 Å². The maximum absolute atomic E-state index is 13.3. The van der Waals surface area contributed by atoms with Crippen LogP contribution in [0.4, 0.5) is 10.5 Å². The number of amides is 4. The zero-order valence-electron chi connectivity index (χ0n) is 18.7. The number of carbonyl (C=O) groups excluding carboxylic acids is 3. The predicted molar refractivity (Wildman–Crippen MR) is 123 cm³/mol. The highest BCUT2D eigenvalue weighted by atomic mass is 16.5. The number of ether oxygens (including phenoxy) is 1. The molecule has 9 nitrogen and oxygen atoms in total. The summed E-state index contributed by atoms with van der Waals surface area (Å²) in [5, 5.41) is 4.55. The van der Waals surface area contributed by atoms with Crippen LogP contribution in [0.3, 0.4) is 0 Å². The van der Waals surface area contributed by atoms with Crippen molar-refractivity contribution in [3.8, 4) is 5.75 Å². The Hall–Kier alpha value is -3.85. The number of hydrazine groups is 1. The second kappa shape index (κ2) is 9.74. The number of hydrogen-bond donors (Lipinski definition) is 2. The maximum Gasteiger partial charge on any atom is 0.331 e. The number of carbonyl (C=O) groups is 3. The van der Waals surface area contributed by atoms with Gasteiger partial charge in [0.25, 0.3) is 5.91 Å². The summed E-state index contributed by atoms with van der Waals surface area (Å²) in [6.45, 7) is 4.90. The average molecular weight is 450 g/mol. The van der Waals surface area contributed by atoms with Crippen molar-refractivity contribution in [2.75, 3.05) is 25.0 Å². The monoisotopic (exact) mass is 449 g/mol. The first-order valence-electron chi connectivity index (χ1n) is 10.9. The molecule has 0 bridgehead atoms. The molecule has 1 atom stereocenters. The van der Waals surface area contributed by atoms with Crippen LogP contribution in [0.15, 0.2) is 66.5 Å². The van der Waals surface area contributed by atoms with Crippen molar-refractivity contribution in [2.45, 2.75) is 26.4 Å². The fourth-order valence-corrected chi connectivity index (χ4v) is 3.82. The third-order valence-electron chi connectivity index (χ3n) is 5.44. The standard InChI is InChI=1S/C24H27N5O4/c1-3-27-15-20-22(26-27)23(31)29(14-17-8-6-5-7-9-17)24(32)28(20)16-21(30)25-18-10-12-19(13-11-18)33-4-2/h5-13,15,22,26H,3-4,14,16H2,1-2H3,(H,25,30). The van der Waals surface area contributed by atoms with Gasteiger partial charge in [0.05, 0.1) is 18.8 Å². The van der Waals surface area contributed by atoms with Crippen molar-refractivity contribution in [1.82, 2.24) is 20.2 Å². The molecule has 4 amide bonds. The van der Waals surface area contributed by atoms with Crippen molar-refractivity contribution in [1.29, 1.82) is 0 Å². The summed E-state index contributed by atoms with van der Waals surface area (Å²) in [6.07, 6.45) is 1.71. The summed E-state index contributed by atoms with van der Waals surface area (Å²) >= 11 is 0. The number of hydrogen-bond acceptors (Lipinski definition) is 6. The minimum atomic E-state index is -0.718. The Kier molecular flexibility index (Phi) is 6.60. The zero-order chi connectivity index (χ0) is 23.4. The molecule has 0 spiro atoms. The van der Waals surface area contributed by atoms with Gasteiger partial charge in [-0.25, -0.2) is 10.2 Å². The Morgan fingerprint density at radius 1 is 1.03 bits per heavy atom. The van der Waals surface area contributed by atoms with E-state index in [2.05, 4.69) is 10.7 Å². The van der Waals surface area contributed by atoms with Crippen molar-refractivity contribution in [2.24, 2.45) is 0 Å². The van der Waals surface area contributed by atoms with Crippen LogP contribution in [0.5, 0.6) is 5.75 Å². The van der Waals surface area contributed by atoms with Gasteiger partial charge in [-0.05, 0) is 43.7 Å². The molecule has 0 aliphatic carbocycles. The quantitative estimate of drug-likeness (QED) is 0.643. The lowest BCUT2D eigenvalue weighted by Gasteiger charge is -2.37. The van der Waals surface area contributed by atoms with Gasteiger partial charge in [0.15, 0.2) is 0 Å². The highest BCUT2D eigenvalue weighted by Crippen LogP contribution is 2.27. The van der Waals surface area contributed by atoms with Gasteiger partial charge in [-0.3, -0.25) is 19.4 Å². The minimum Gasteiger partial charge on any atom is -0.494 e. The molecule has 4 rings (SSSR count). The fraction of sp³-hybridized carbons (Fsp3) is 0.292. The van der Waals surface area contributed by atoms with E-state index in [1.54, 1.807) is 35.5 Å². The van der Waals surface area contributed by atoms with Gasteiger partial charge in [0.2, 0.25) is 5.91 Å². The van der Waals surface area contributed by atoms with E-state index in [1.165, 1.54) is 9.80 Å². The first kappa shape index (κ1) is 22.3. The highest BCUT2D eigenvalue weighted by molar-refractivity contribution is 6.05. The number of urea groups is 1. The average Bonchev–Trinajstić information content (AvgIpc) is 3.26. The van der Waals surface area contributed by atoms with Crippen LogP contribution in [0.2, 0.25) is 0 Å². The molecule has 2 N–H and O–H groups in total. The molecule has 2 aliphatic rings. The Balaban J connectivity index is 1.52. The number of nitrogens with one attached hydrogen (secondary N) is 2. The van der Waals surface area contributed by atoms with Gasteiger partial charge in [-0.1, -0.05) is 30.3 Å². The fourth-order valence-electron chi connectivity index (χ4n) is 3.82. The van der Waals surface area contributed by atoms with Gasteiger partial charge >= 0.3 is 6.03 Å². The van der Waals surface area contributed by atoms with Crippen molar-refractivity contribution < 1.29 is 19.1 Å². The van der Waals surface area contributed by atoms with E-state index in [0.717, 1.165) is 5.56 Å². The Bertz CT molecular complexity index is 1050. The molecule has 9 heteroatoms. The van der Waals surface area contributed by atoms with Crippen LogP contribution in [0.25, 0.3) is 0 Å². The first-order chi connectivity index (χ1) is 16.0. The van der Waals surface area contributed by atoms with Crippen molar-refractivity contribution in [3.63, 3.8) is 0 Å². The predicted octanol–water partition coefficient (Wildman–Crippen LogP) is 2.54. The van der Waals surface area contributed by atoms with Crippen LogP contribution < -0.4 is 15.5 Å². The van der Waals surface area contributed by atoms with E-state index in [1.807, 2.05) is 44.2 Å². The number of imide groups is 1. The number of nitrogens with zero attached hydrogens (tertiary/aromatic N) is 3. The lowest BCUT2D eigenvalue weighted by molar-refractivity contribution is -0.133. The SMILES string of the molecule is CCOc1ccc(NC(=O)CN2C(=O)N(Cc3ccccc3)C(=O)C3NN(CC)C=C32)cc1. The minimum absolute atomic E-state index is 0.132. The van der Waals surface area contributed by atoms with Gasteiger partial charge in [-0.15, -0.1) is 0 Å².